The molecular formula is C31H60Br2N2NiOSi. The van der Waals surface area contributed by atoms with Crippen LogP contribution in [0.25, 0.3) is 0 Å². The second-order valence-corrected chi connectivity index (χ2v) is 22.7. The zero-order valence-corrected chi connectivity index (χ0v) is 31.4. The molecule has 0 radical (unpaired) electrons. The molecule has 3 nitrogen and oxygen atoms in total. The predicted octanol–water partition coefficient (Wildman–Crippen LogP) is 10.9. The fourth-order valence-corrected chi connectivity index (χ4v) is 7.83. The monoisotopic (exact) mass is 720 g/mol. The molecule has 0 aromatic carbocycles. The van der Waals surface area contributed by atoms with Gasteiger partial charge in [0.1, 0.15) is 0 Å². The first-order chi connectivity index (χ1) is 17.9. The molecule has 2 fully saturated rings. The number of rotatable bonds is 12. The summed E-state index contributed by atoms with van der Waals surface area (Å²) in [6.45, 7) is 24.4. The van der Waals surface area contributed by atoms with Gasteiger partial charge in [-0.05, 0) is 101 Å². The van der Waals surface area contributed by atoms with Gasteiger partial charge in [-0.3, -0.25) is 9.98 Å². The molecule has 0 saturated heterocycles. The van der Waals surface area contributed by atoms with Crippen LogP contribution in [0.1, 0.15) is 113 Å². The number of aliphatic imine (C=N–C) groups is 2. The fraction of sp³-hybridized carbons (Fsp3) is 0.935. The average molecular weight is 723 g/mol. The minimum atomic E-state index is -1.48. The quantitative estimate of drug-likeness (QED) is 0.112. The van der Waals surface area contributed by atoms with Crippen molar-refractivity contribution < 1.29 is 15.3 Å². The van der Waals surface area contributed by atoms with E-state index in [4.69, 9.17) is 14.4 Å². The molecule has 4 atom stereocenters. The maximum atomic E-state index is 6.22. The van der Waals surface area contributed by atoms with Gasteiger partial charge in [-0.15, -0.1) is 0 Å². The summed E-state index contributed by atoms with van der Waals surface area (Å²) in [5.41, 5.74) is 2.53. The number of nitrogens with zero attached hydrogens (tertiary/aromatic N) is 2. The van der Waals surface area contributed by atoms with Crippen LogP contribution >= 0.6 is 28.5 Å². The molecule has 7 heteroatoms. The molecule has 0 spiro atoms. The Morgan fingerprint density at radius 1 is 0.763 bits per heavy atom. The molecule has 0 aliphatic heterocycles. The van der Waals surface area contributed by atoms with E-state index in [0.29, 0.717) is 23.9 Å². The van der Waals surface area contributed by atoms with Gasteiger partial charge in [0, 0.05) is 6.61 Å². The van der Waals surface area contributed by atoms with E-state index in [9.17, 15) is 0 Å². The van der Waals surface area contributed by atoms with Crippen LogP contribution in [0.4, 0.5) is 0 Å². The summed E-state index contributed by atoms with van der Waals surface area (Å²) in [4.78, 5) is 11.2. The first-order valence-electron chi connectivity index (χ1n) is 15.5. The van der Waals surface area contributed by atoms with Crippen molar-refractivity contribution in [1.29, 1.82) is 0 Å². The Labute approximate surface area is 258 Å². The van der Waals surface area contributed by atoms with E-state index in [1.54, 1.807) is 0 Å². The Balaban J connectivity index is 0.00000229. The molecule has 2 saturated carbocycles. The van der Waals surface area contributed by atoms with Crippen molar-refractivity contribution in [1.82, 2.24) is 0 Å². The van der Waals surface area contributed by atoms with Crippen LogP contribution in [0.5, 0.6) is 0 Å². The van der Waals surface area contributed by atoms with E-state index in [-0.39, 0.29) is 0 Å². The van der Waals surface area contributed by atoms with Gasteiger partial charge in [-0.2, -0.15) is 0 Å². The molecule has 228 valence electrons. The summed E-state index contributed by atoms with van der Waals surface area (Å²) >= 11 is 6.00. The summed E-state index contributed by atoms with van der Waals surface area (Å²) in [5, 5.41) is 0. The van der Waals surface area contributed by atoms with Gasteiger partial charge in [-0.25, -0.2) is 0 Å². The molecule has 4 unspecified atom stereocenters. The fourth-order valence-electron chi connectivity index (χ4n) is 7.08. The van der Waals surface area contributed by atoms with Gasteiger partial charge in [0.15, 0.2) is 8.32 Å². The van der Waals surface area contributed by atoms with Crippen LogP contribution in [-0.2, 0) is 15.3 Å². The third-order valence-electron chi connectivity index (χ3n) is 9.01. The molecule has 0 aromatic rings. The third-order valence-corrected chi connectivity index (χ3v) is 10.1. The van der Waals surface area contributed by atoms with Gasteiger partial charge >= 0.3 is 39.3 Å². The minimum absolute atomic E-state index is 0.467. The first kappa shape index (κ1) is 37.0. The second-order valence-electron chi connectivity index (χ2n) is 13.2. The van der Waals surface area contributed by atoms with Gasteiger partial charge in [0.25, 0.3) is 0 Å². The SMILES string of the molecule is CCC1CC(C)CC(CC)C1N=C(C)C(CCCO[Si](C)(C)C)=NC1C(CC)CC(C)CC1CC.[Br][Ni][Br]. The average Bonchev–Trinajstić information content (AvgIpc) is 2.86. The predicted molar refractivity (Wildman–Crippen MR) is 176 cm³/mol. The Kier molecular flexibility index (Phi) is 18.7. The molecule has 2 aliphatic rings. The molecule has 2 rings (SSSR count). The first-order valence-corrected chi connectivity index (χ1v) is 23.8. The number of halogens is 2. The van der Waals surface area contributed by atoms with Crippen LogP contribution < -0.4 is 0 Å². The van der Waals surface area contributed by atoms with Gasteiger partial charge < -0.3 is 4.43 Å². The van der Waals surface area contributed by atoms with Crippen LogP contribution in [-0.4, -0.2) is 38.4 Å². The van der Waals surface area contributed by atoms with E-state index in [2.05, 4.69) is 96.6 Å². The van der Waals surface area contributed by atoms with E-state index >= 15 is 0 Å². The normalized spacial score (nSPS) is 33.2. The molecule has 0 amide bonds. The van der Waals surface area contributed by atoms with Crippen molar-refractivity contribution in [2.45, 2.75) is 144 Å². The van der Waals surface area contributed by atoms with Crippen molar-refractivity contribution in [2.75, 3.05) is 6.61 Å². The second kappa shape index (κ2) is 19.2. The summed E-state index contributed by atoms with van der Waals surface area (Å²) in [6, 6.07) is 0.939. The van der Waals surface area contributed by atoms with Crippen LogP contribution in [0.15, 0.2) is 9.98 Å². The van der Waals surface area contributed by atoms with Crippen molar-refractivity contribution in [3.05, 3.63) is 0 Å². The topological polar surface area (TPSA) is 34.0 Å². The van der Waals surface area contributed by atoms with Gasteiger partial charge in [0.2, 0.25) is 0 Å². The van der Waals surface area contributed by atoms with Crippen molar-refractivity contribution in [2.24, 2.45) is 45.5 Å². The van der Waals surface area contributed by atoms with Crippen molar-refractivity contribution >= 4 is 48.2 Å². The van der Waals surface area contributed by atoms with Gasteiger partial charge in [0.05, 0.1) is 23.5 Å². The molecule has 0 N–H and O–H groups in total. The molecule has 0 heterocycles. The van der Waals surface area contributed by atoms with E-state index in [1.807, 2.05) is 0 Å². The van der Waals surface area contributed by atoms with Crippen LogP contribution in [0.2, 0.25) is 19.6 Å². The molecular weight excluding hydrogens is 663 g/mol. The number of hydrogen-bond acceptors (Lipinski definition) is 3. The van der Waals surface area contributed by atoms with Crippen LogP contribution in [0, 0.1) is 35.5 Å². The Hall–Kier alpha value is 0.970. The Morgan fingerprint density at radius 2 is 1.13 bits per heavy atom. The van der Waals surface area contributed by atoms with E-state index in [0.717, 1.165) is 43.1 Å². The zero-order chi connectivity index (χ0) is 28.9. The summed E-state index contributed by atoms with van der Waals surface area (Å²) < 4.78 is 6.22. The van der Waals surface area contributed by atoms with Crippen LogP contribution in [0.3, 0.4) is 0 Å². The van der Waals surface area contributed by atoms with Gasteiger partial charge in [-0.1, -0.05) is 67.2 Å². The number of hydrogen-bond donors (Lipinski definition) is 0. The molecule has 38 heavy (non-hydrogen) atoms. The zero-order valence-electron chi connectivity index (χ0n) is 26.3. The molecule has 2 aliphatic carbocycles. The summed E-state index contributed by atoms with van der Waals surface area (Å²) in [5.74, 6) is 4.54. The molecule has 0 aromatic heterocycles. The van der Waals surface area contributed by atoms with E-state index < -0.39 is 8.32 Å². The Morgan fingerprint density at radius 3 is 1.47 bits per heavy atom. The summed E-state index contributed by atoms with van der Waals surface area (Å²) in [6.07, 6.45) is 12.4. The van der Waals surface area contributed by atoms with Crippen molar-refractivity contribution in [3.63, 3.8) is 0 Å². The standard InChI is InChI=1S/C31H60N2OSi.2BrH.Ni/c1-11-25-18-22(5)19-26(12-2)30(25)32-24(7)29(16-15-17-34-35(8,9)10)33-31-27(13-3)20-23(6)21-28(31)14-4;;;/h22-23,25-28,30-31H,11-21H2,1-10H3;2*1H;/q;;;+2/p-2. The maximum absolute atomic E-state index is 6.22. The summed E-state index contributed by atoms with van der Waals surface area (Å²) in [7, 11) is -0.230. The van der Waals surface area contributed by atoms with Crippen molar-refractivity contribution in [3.8, 4) is 0 Å². The molecule has 0 bridgehead atoms. The van der Waals surface area contributed by atoms with E-state index in [1.165, 1.54) is 73.7 Å². The Bertz CT molecular complexity index is 686. The third kappa shape index (κ3) is 12.9.